The van der Waals surface area contributed by atoms with Gasteiger partial charge in [-0.1, -0.05) is 18.2 Å². The van der Waals surface area contributed by atoms with Gasteiger partial charge in [-0.05, 0) is 36.8 Å². The van der Waals surface area contributed by atoms with Gasteiger partial charge in [-0.3, -0.25) is 9.52 Å². The van der Waals surface area contributed by atoms with E-state index in [1.807, 2.05) is 17.0 Å². The number of hydrogen-bond donors (Lipinski definition) is 1. The Kier molecular flexibility index (Phi) is 5.67. The van der Waals surface area contributed by atoms with E-state index in [9.17, 15) is 21.6 Å². The van der Waals surface area contributed by atoms with Crippen LogP contribution in [0.1, 0.15) is 12.0 Å². The van der Waals surface area contributed by atoms with Gasteiger partial charge in [-0.2, -0.15) is 0 Å². The number of morpholine rings is 1. The minimum Gasteiger partial charge on any atom is -0.378 e. The van der Waals surface area contributed by atoms with E-state index in [1.54, 1.807) is 19.1 Å². The standard InChI is InChI=1S/C20H23N3O6S2/c1-15-6-7-16(23-20(24)8-13-30(23,25)26)14-19(15)31(27,28)21-17-4-2-3-5-18(17)22-9-11-29-12-10-22/h2-7,14,21H,8-13H2,1H3. The number of benzene rings is 2. The van der Waals surface area contributed by atoms with Crippen molar-refractivity contribution in [2.24, 2.45) is 0 Å². The van der Waals surface area contributed by atoms with Crippen molar-refractivity contribution in [3.05, 3.63) is 48.0 Å². The fourth-order valence-corrected chi connectivity index (χ4v) is 6.50. The summed E-state index contributed by atoms with van der Waals surface area (Å²) < 4.78 is 59.7. The summed E-state index contributed by atoms with van der Waals surface area (Å²) in [6.45, 7) is 4.01. The van der Waals surface area contributed by atoms with Crippen molar-refractivity contribution in [3.63, 3.8) is 0 Å². The number of aryl methyl sites for hydroxylation is 1. The van der Waals surface area contributed by atoms with E-state index in [-0.39, 0.29) is 22.8 Å². The number of nitrogens with zero attached hydrogens (tertiary/aromatic N) is 2. The largest absolute Gasteiger partial charge is 0.378 e. The molecule has 0 radical (unpaired) electrons. The van der Waals surface area contributed by atoms with Crippen molar-refractivity contribution < 1.29 is 26.4 Å². The third-order valence-corrected chi connectivity index (χ3v) is 8.47. The van der Waals surface area contributed by atoms with E-state index in [0.717, 1.165) is 5.69 Å². The van der Waals surface area contributed by atoms with Crippen molar-refractivity contribution >= 4 is 43.0 Å². The van der Waals surface area contributed by atoms with Gasteiger partial charge >= 0.3 is 0 Å². The normalized spacial score (nSPS) is 18.9. The maximum atomic E-state index is 13.3. The molecule has 9 nitrogen and oxygen atoms in total. The van der Waals surface area contributed by atoms with Crippen molar-refractivity contribution in [1.29, 1.82) is 0 Å². The highest BCUT2D eigenvalue weighted by atomic mass is 32.2. The van der Waals surface area contributed by atoms with E-state index in [1.165, 1.54) is 18.2 Å². The Morgan fingerprint density at radius 3 is 2.45 bits per heavy atom. The molecular formula is C20H23N3O6S2. The number of para-hydroxylation sites is 2. The van der Waals surface area contributed by atoms with Gasteiger partial charge in [0.15, 0.2) is 0 Å². The van der Waals surface area contributed by atoms with E-state index < -0.39 is 26.0 Å². The summed E-state index contributed by atoms with van der Waals surface area (Å²) in [6, 6.07) is 11.3. The van der Waals surface area contributed by atoms with Crippen LogP contribution in [0.5, 0.6) is 0 Å². The molecule has 2 aromatic rings. The Morgan fingerprint density at radius 2 is 1.77 bits per heavy atom. The van der Waals surface area contributed by atoms with Crippen LogP contribution in [0.25, 0.3) is 0 Å². The van der Waals surface area contributed by atoms with Crippen LogP contribution in [0.4, 0.5) is 17.1 Å². The van der Waals surface area contributed by atoms with Gasteiger partial charge in [0.05, 0.1) is 40.9 Å². The van der Waals surface area contributed by atoms with Gasteiger partial charge in [0.2, 0.25) is 15.9 Å². The van der Waals surface area contributed by atoms with Crippen LogP contribution < -0.4 is 13.9 Å². The molecule has 0 bridgehead atoms. The van der Waals surface area contributed by atoms with E-state index in [2.05, 4.69) is 4.72 Å². The monoisotopic (exact) mass is 465 g/mol. The highest BCUT2D eigenvalue weighted by Gasteiger charge is 2.37. The average Bonchev–Trinajstić information content (AvgIpc) is 3.01. The number of ether oxygens (including phenoxy) is 1. The molecule has 1 amide bonds. The molecule has 0 spiro atoms. The van der Waals surface area contributed by atoms with Crippen LogP contribution in [0.15, 0.2) is 47.4 Å². The predicted molar refractivity (Wildman–Crippen MR) is 117 cm³/mol. The van der Waals surface area contributed by atoms with Crippen molar-refractivity contribution in [2.45, 2.75) is 18.2 Å². The molecule has 1 N–H and O–H groups in total. The van der Waals surface area contributed by atoms with Gasteiger partial charge in [-0.15, -0.1) is 0 Å². The Balaban J connectivity index is 1.70. The summed E-state index contributed by atoms with van der Waals surface area (Å²) in [7, 11) is -7.85. The molecule has 0 aliphatic carbocycles. The fourth-order valence-electron chi connectivity index (χ4n) is 3.71. The van der Waals surface area contributed by atoms with Crippen molar-refractivity contribution in [1.82, 2.24) is 0 Å². The smallest absolute Gasteiger partial charge is 0.262 e. The number of nitrogens with one attached hydrogen (secondary N) is 1. The van der Waals surface area contributed by atoms with E-state index in [0.29, 0.717) is 41.9 Å². The zero-order valence-corrected chi connectivity index (χ0v) is 18.6. The first kappa shape index (κ1) is 21.6. The SMILES string of the molecule is Cc1ccc(N2C(=O)CCS2(=O)=O)cc1S(=O)(=O)Nc1ccccc1N1CCOCC1. The lowest BCUT2D eigenvalue weighted by atomic mass is 10.2. The summed E-state index contributed by atoms with van der Waals surface area (Å²) in [5.74, 6) is -0.856. The molecule has 0 saturated carbocycles. The maximum absolute atomic E-state index is 13.3. The molecule has 2 aromatic carbocycles. The molecule has 166 valence electrons. The molecule has 2 heterocycles. The highest BCUT2D eigenvalue weighted by Crippen LogP contribution is 2.32. The molecule has 2 saturated heterocycles. The van der Waals surface area contributed by atoms with Crippen LogP contribution in [0.3, 0.4) is 0 Å². The highest BCUT2D eigenvalue weighted by molar-refractivity contribution is 7.94. The molecule has 2 aliphatic rings. The molecule has 31 heavy (non-hydrogen) atoms. The molecule has 0 unspecified atom stereocenters. The van der Waals surface area contributed by atoms with Crippen LogP contribution in [-0.4, -0.2) is 54.8 Å². The maximum Gasteiger partial charge on any atom is 0.262 e. The molecule has 0 aromatic heterocycles. The lowest BCUT2D eigenvalue weighted by Crippen LogP contribution is -2.36. The number of carbonyl (C=O) groups excluding carboxylic acids is 1. The second-order valence-corrected chi connectivity index (χ2v) is 11.0. The van der Waals surface area contributed by atoms with E-state index in [4.69, 9.17) is 4.74 Å². The first-order valence-corrected chi connectivity index (χ1v) is 12.9. The lowest BCUT2D eigenvalue weighted by Gasteiger charge is -2.30. The number of sulfonamides is 2. The van der Waals surface area contributed by atoms with Gasteiger partial charge in [0.1, 0.15) is 0 Å². The average molecular weight is 466 g/mol. The van der Waals surface area contributed by atoms with Crippen LogP contribution in [-0.2, 0) is 29.6 Å². The Bertz CT molecular complexity index is 1220. The summed E-state index contributed by atoms with van der Waals surface area (Å²) in [4.78, 5) is 14.1. The van der Waals surface area contributed by atoms with Gasteiger partial charge in [0.25, 0.3) is 10.0 Å². The second-order valence-electron chi connectivity index (χ2n) is 7.40. The van der Waals surface area contributed by atoms with Crippen molar-refractivity contribution in [2.75, 3.05) is 46.0 Å². The number of anilines is 3. The van der Waals surface area contributed by atoms with E-state index >= 15 is 0 Å². The first-order valence-electron chi connectivity index (χ1n) is 9.80. The van der Waals surface area contributed by atoms with Gasteiger partial charge in [-0.25, -0.2) is 21.1 Å². The topological polar surface area (TPSA) is 113 Å². The Labute approximate surface area is 181 Å². The zero-order valence-electron chi connectivity index (χ0n) is 16.9. The molecule has 2 fully saturated rings. The second kappa shape index (κ2) is 8.13. The summed E-state index contributed by atoms with van der Waals surface area (Å²) >= 11 is 0. The number of hydrogen-bond acceptors (Lipinski definition) is 7. The Morgan fingerprint density at radius 1 is 1.06 bits per heavy atom. The third kappa shape index (κ3) is 4.25. The molecular weight excluding hydrogens is 442 g/mol. The number of amides is 1. The fraction of sp³-hybridized carbons (Fsp3) is 0.350. The zero-order chi connectivity index (χ0) is 22.2. The summed E-state index contributed by atoms with van der Waals surface area (Å²) in [5, 5.41) is 0. The van der Waals surface area contributed by atoms with Crippen LogP contribution >= 0.6 is 0 Å². The number of carbonyl (C=O) groups is 1. The molecule has 11 heteroatoms. The third-order valence-electron chi connectivity index (χ3n) is 5.27. The first-order chi connectivity index (χ1) is 14.7. The predicted octanol–water partition coefficient (Wildman–Crippen LogP) is 1.70. The molecule has 4 rings (SSSR count). The molecule has 0 atom stereocenters. The lowest BCUT2D eigenvalue weighted by molar-refractivity contribution is -0.116. The quantitative estimate of drug-likeness (QED) is 0.715. The van der Waals surface area contributed by atoms with Crippen LogP contribution in [0.2, 0.25) is 0 Å². The summed E-state index contributed by atoms with van der Waals surface area (Å²) in [5.41, 5.74) is 1.61. The minimum atomic E-state index is -4.05. The minimum absolute atomic E-state index is 0.0231. The van der Waals surface area contributed by atoms with Gasteiger partial charge < -0.3 is 9.64 Å². The van der Waals surface area contributed by atoms with Crippen LogP contribution in [0, 0.1) is 6.92 Å². The van der Waals surface area contributed by atoms with Crippen molar-refractivity contribution in [3.8, 4) is 0 Å². The Hall–Kier alpha value is -2.63. The summed E-state index contributed by atoms with van der Waals surface area (Å²) in [6.07, 6.45) is -0.122. The molecule has 2 aliphatic heterocycles. The van der Waals surface area contributed by atoms with Gasteiger partial charge in [0, 0.05) is 19.5 Å². The number of rotatable bonds is 5.